The highest BCUT2D eigenvalue weighted by molar-refractivity contribution is 7.28. The van der Waals surface area contributed by atoms with Crippen LogP contribution in [0.4, 0.5) is 4.79 Å². The third-order valence-electron chi connectivity index (χ3n) is 8.54. The van der Waals surface area contributed by atoms with Gasteiger partial charge < -0.3 is 29.8 Å². The molecule has 6 heterocycles. The minimum atomic E-state index is -0.691. The number of nitrogens with zero attached hydrogens (tertiary/aromatic N) is 4. The molecule has 244 valence electrons. The minimum Gasteiger partial charge on any atom is -0.453 e. The van der Waals surface area contributed by atoms with Crippen molar-refractivity contribution in [3.63, 3.8) is 0 Å². The van der Waals surface area contributed by atoms with Gasteiger partial charge in [-0.15, -0.1) is 22.7 Å². The first kappa shape index (κ1) is 32.4. The lowest BCUT2D eigenvalue weighted by molar-refractivity contribution is -0.135. The van der Waals surface area contributed by atoms with Crippen molar-refractivity contribution in [1.29, 1.82) is 0 Å². The van der Waals surface area contributed by atoms with Gasteiger partial charge in [-0.05, 0) is 66.4 Å². The molecule has 0 aromatic carbocycles. The lowest BCUT2D eigenvalue weighted by Crippen LogP contribution is -2.51. The molecule has 2 saturated heterocycles. The van der Waals surface area contributed by atoms with E-state index in [1.54, 1.807) is 44.9 Å². The number of imidazole rings is 2. The van der Waals surface area contributed by atoms with Gasteiger partial charge >= 0.3 is 6.09 Å². The summed E-state index contributed by atoms with van der Waals surface area (Å²) in [5.41, 5.74) is 1.40. The number of likely N-dealkylation sites (tertiary alicyclic amines) is 2. The highest BCUT2D eigenvalue weighted by Gasteiger charge is 2.40. The molecule has 0 spiro atoms. The Balaban J connectivity index is 1.12. The summed E-state index contributed by atoms with van der Waals surface area (Å²) in [6.07, 6.45) is 5.36. The van der Waals surface area contributed by atoms with Crippen LogP contribution in [0, 0.1) is 41.4 Å². The van der Waals surface area contributed by atoms with Gasteiger partial charge in [-0.25, -0.2) is 14.8 Å². The molecule has 6 rings (SSSR count). The summed E-state index contributed by atoms with van der Waals surface area (Å²) in [6.45, 7) is 9.37. The van der Waals surface area contributed by atoms with Crippen LogP contribution in [0.25, 0.3) is 9.40 Å². The first-order valence-electron chi connectivity index (χ1n) is 15.6. The van der Waals surface area contributed by atoms with Crippen molar-refractivity contribution >= 4 is 50.5 Å². The van der Waals surface area contributed by atoms with Gasteiger partial charge in [0.2, 0.25) is 12.3 Å². The van der Waals surface area contributed by atoms with Gasteiger partial charge in [-0.3, -0.25) is 9.59 Å². The fourth-order valence-electron chi connectivity index (χ4n) is 6.25. The summed E-state index contributed by atoms with van der Waals surface area (Å²) in [5.74, 6) is 14.8. The van der Waals surface area contributed by atoms with Crippen LogP contribution in [-0.2, 0) is 14.3 Å². The minimum absolute atomic E-state index is 0.0253. The highest BCUT2D eigenvalue weighted by atomic mass is 32.1. The zero-order valence-electron chi connectivity index (χ0n) is 26.9. The Bertz CT molecular complexity index is 1880. The molecule has 0 radical (unpaired) electrons. The van der Waals surface area contributed by atoms with Crippen LogP contribution in [0.15, 0.2) is 24.5 Å². The van der Waals surface area contributed by atoms with Gasteiger partial charge in [0, 0.05) is 22.5 Å². The SMILES string of the molecule is COC(=O)N[C@H](C(=O)N1C[C@@H](C)C[C@H]1c1ncc(C#Cc2cc3sc(C#Cc4cnc([C@@H]5C[C@H](C)CN5C=O)[nH]4)cc3s2)[nH]1)C(C)C. The topological polar surface area (TPSA) is 136 Å². The van der Waals surface area contributed by atoms with E-state index < -0.39 is 12.1 Å². The molecule has 4 aromatic heterocycles. The average Bonchev–Trinajstić information content (AvgIpc) is 3.88. The van der Waals surface area contributed by atoms with E-state index in [0.29, 0.717) is 24.0 Å². The molecule has 11 nitrogen and oxygen atoms in total. The Morgan fingerprint density at radius 3 is 2.04 bits per heavy atom. The number of amides is 3. The number of carbonyl (C=O) groups excluding carboxylic acids is 3. The number of H-pyrrole nitrogens is 2. The van der Waals surface area contributed by atoms with E-state index in [2.05, 4.69) is 74.9 Å². The smallest absolute Gasteiger partial charge is 0.407 e. The van der Waals surface area contributed by atoms with Crippen molar-refractivity contribution in [2.45, 2.75) is 58.7 Å². The fraction of sp³-hybridized carbons (Fsp3) is 0.441. The molecule has 3 N–H and O–H groups in total. The molecule has 47 heavy (non-hydrogen) atoms. The summed E-state index contributed by atoms with van der Waals surface area (Å²) in [7, 11) is 1.29. The van der Waals surface area contributed by atoms with Gasteiger partial charge in [-0.2, -0.15) is 0 Å². The van der Waals surface area contributed by atoms with Crippen LogP contribution >= 0.6 is 22.7 Å². The van der Waals surface area contributed by atoms with Crippen molar-refractivity contribution in [2.75, 3.05) is 20.2 Å². The third-order valence-corrected chi connectivity index (χ3v) is 10.7. The molecule has 2 aliphatic heterocycles. The molecule has 2 aliphatic rings. The van der Waals surface area contributed by atoms with Gasteiger partial charge in [0.25, 0.3) is 0 Å². The number of fused-ring (bicyclic) bond motifs is 1. The second-order valence-electron chi connectivity index (χ2n) is 12.7. The number of aromatic amines is 2. The van der Waals surface area contributed by atoms with E-state index in [1.807, 2.05) is 13.8 Å². The number of methoxy groups -OCH3 is 1. The van der Waals surface area contributed by atoms with Gasteiger partial charge in [0.1, 0.15) is 29.1 Å². The Labute approximate surface area is 281 Å². The number of aromatic nitrogens is 4. The maximum atomic E-state index is 13.5. The molecule has 4 aromatic rings. The summed E-state index contributed by atoms with van der Waals surface area (Å²) < 4.78 is 6.98. The van der Waals surface area contributed by atoms with E-state index in [1.165, 1.54) is 7.11 Å². The van der Waals surface area contributed by atoms with Crippen LogP contribution in [0.3, 0.4) is 0 Å². The molecule has 3 amide bonds. The van der Waals surface area contributed by atoms with Crippen molar-refractivity contribution in [2.24, 2.45) is 17.8 Å². The molecule has 0 bridgehead atoms. The van der Waals surface area contributed by atoms with E-state index >= 15 is 0 Å². The van der Waals surface area contributed by atoms with Crippen LogP contribution in [-0.4, -0.2) is 74.4 Å². The third kappa shape index (κ3) is 7.07. The molecule has 13 heteroatoms. The quantitative estimate of drug-likeness (QED) is 0.194. The largest absolute Gasteiger partial charge is 0.453 e. The molecule has 2 fully saturated rings. The molecule has 0 aliphatic carbocycles. The Hall–Kier alpha value is -4.59. The van der Waals surface area contributed by atoms with Crippen molar-refractivity contribution in [3.8, 4) is 23.7 Å². The van der Waals surface area contributed by atoms with Crippen molar-refractivity contribution in [3.05, 3.63) is 57.3 Å². The monoisotopic (exact) mass is 671 g/mol. The summed E-state index contributed by atoms with van der Waals surface area (Å²) in [5, 5.41) is 2.69. The maximum Gasteiger partial charge on any atom is 0.407 e. The summed E-state index contributed by atoms with van der Waals surface area (Å²) in [6, 6.07) is 3.20. The Morgan fingerprint density at radius 1 is 0.936 bits per heavy atom. The standard InChI is InChI=1S/C34H37N7O4S2/c1-19(2)30(39-34(44)45-5)33(43)41-17-21(4)11-27(41)32-36-15-23(38-32)7-9-25-13-29-28(47-25)12-24(46-29)8-6-22-14-35-31(37-22)26-10-20(3)16-40(26)18-42/h12-15,18-21,26-27,30H,10-11,16-17H2,1-5H3,(H,35,37)(H,36,38)(H,39,44)/t20-,21-,26-,27-,30-/m0/s1. The number of ether oxygens (including phenoxy) is 1. The molecule has 5 atom stereocenters. The van der Waals surface area contributed by atoms with Gasteiger partial charge in [0.15, 0.2) is 0 Å². The average molecular weight is 672 g/mol. The van der Waals surface area contributed by atoms with Gasteiger partial charge in [-0.1, -0.05) is 27.7 Å². The van der Waals surface area contributed by atoms with E-state index in [4.69, 9.17) is 4.74 Å². The van der Waals surface area contributed by atoms with Crippen LogP contribution < -0.4 is 5.32 Å². The fourth-order valence-corrected chi connectivity index (χ4v) is 8.35. The predicted octanol–water partition coefficient (Wildman–Crippen LogP) is 5.04. The Kier molecular flexibility index (Phi) is 9.39. The number of hydrogen-bond donors (Lipinski definition) is 3. The van der Waals surface area contributed by atoms with Crippen LogP contribution in [0.1, 0.15) is 85.4 Å². The first-order valence-corrected chi connectivity index (χ1v) is 17.3. The number of hydrogen-bond acceptors (Lipinski definition) is 8. The van der Waals surface area contributed by atoms with Gasteiger partial charge in [0.05, 0.1) is 41.3 Å². The van der Waals surface area contributed by atoms with E-state index in [-0.39, 0.29) is 29.8 Å². The summed E-state index contributed by atoms with van der Waals surface area (Å²) in [4.78, 5) is 58.0. The molecular weight excluding hydrogens is 635 g/mol. The number of carbonyl (C=O) groups is 3. The zero-order valence-corrected chi connectivity index (χ0v) is 28.6. The number of thiophene rings is 2. The first-order chi connectivity index (χ1) is 22.6. The molecular formula is C34H37N7O4S2. The Morgan fingerprint density at radius 2 is 1.49 bits per heavy atom. The zero-order chi connectivity index (χ0) is 33.2. The summed E-state index contributed by atoms with van der Waals surface area (Å²) >= 11 is 3.23. The number of nitrogens with one attached hydrogen (secondary N) is 3. The maximum absolute atomic E-state index is 13.5. The van der Waals surface area contributed by atoms with Crippen LogP contribution in [0.2, 0.25) is 0 Å². The van der Waals surface area contributed by atoms with Crippen LogP contribution in [0.5, 0.6) is 0 Å². The number of rotatable bonds is 6. The second kappa shape index (κ2) is 13.6. The number of alkyl carbamates (subject to hydrolysis) is 1. The van der Waals surface area contributed by atoms with Crippen molar-refractivity contribution in [1.82, 2.24) is 35.1 Å². The predicted molar refractivity (Wildman–Crippen MR) is 181 cm³/mol. The van der Waals surface area contributed by atoms with E-state index in [0.717, 1.165) is 56.5 Å². The second-order valence-corrected chi connectivity index (χ2v) is 14.8. The molecule has 0 unspecified atom stereocenters. The highest BCUT2D eigenvalue weighted by Crippen LogP contribution is 2.36. The van der Waals surface area contributed by atoms with E-state index in [9.17, 15) is 14.4 Å². The normalized spacial score (nSPS) is 21.3. The van der Waals surface area contributed by atoms with Crippen molar-refractivity contribution < 1.29 is 19.1 Å². The lowest BCUT2D eigenvalue weighted by atomic mass is 10.0. The lowest BCUT2D eigenvalue weighted by Gasteiger charge is -2.30. The molecule has 0 saturated carbocycles.